The first-order valence-electron chi connectivity index (χ1n) is 6.01. The highest BCUT2D eigenvalue weighted by Gasteiger charge is 2.12. The average Bonchev–Trinajstić information content (AvgIpc) is 2.75. The number of halogens is 1. The first-order chi connectivity index (χ1) is 9.45. The Bertz CT molecular complexity index is 627. The van der Waals surface area contributed by atoms with E-state index in [1.54, 1.807) is 12.4 Å². The molecule has 0 radical (unpaired) electrons. The number of nitrogens with two attached hydrogens (primary N) is 1. The number of nitrogens with one attached hydrogen (secondary N) is 1. The molecule has 7 heteroatoms. The van der Waals surface area contributed by atoms with Crippen LogP contribution in [0.15, 0.2) is 30.6 Å². The Labute approximate surface area is 115 Å². The number of phenols is 1. The second kappa shape index (κ2) is 5.60. The normalized spacial score (nSPS) is 12.1. The molecule has 2 rings (SSSR count). The van der Waals surface area contributed by atoms with Crippen LogP contribution in [0.1, 0.15) is 18.5 Å². The van der Waals surface area contributed by atoms with Crippen molar-refractivity contribution >= 4 is 11.6 Å². The van der Waals surface area contributed by atoms with Crippen molar-refractivity contribution in [3.63, 3.8) is 0 Å². The van der Waals surface area contributed by atoms with E-state index in [1.807, 2.05) is 6.92 Å². The average molecular weight is 278 g/mol. The molecule has 1 amide bonds. The van der Waals surface area contributed by atoms with Gasteiger partial charge in [-0.25, -0.2) is 4.39 Å². The highest BCUT2D eigenvalue weighted by atomic mass is 19.1. The molecule has 1 heterocycles. The molecule has 0 spiro atoms. The Morgan fingerprint density at radius 2 is 2.35 bits per heavy atom. The lowest BCUT2D eigenvalue weighted by Gasteiger charge is -2.15. The maximum Gasteiger partial charge on any atom is 0.239 e. The van der Waals surface area contributed by atoms with E-state index < -0.39 is 11.7 Å². The maximum absolute atomic E-state index is 12.9. The number of benzene rings is 1. The number of anilines is 1. The monoisotopic (exact) mass is 278 g/mol. The lowest BCUT2D eigenvalue weighted by molar-refractivity contribution is -0.118. The first kappa shape index (κ1) is 13.9. The van der Waals surface area contributed by atoms with Gasteiger partial charge < -0.3 is 16.2 Å². The zero-order chi connectivity index (χ0) is 14.7. The molecular formula is C13H15FN4O2. The van der Waals surface area contributed by atoms with Crippen LogP contribution in [-0.2, 0) is 11.3 Å². The minimum Gasteiger partial charge on any atom is -0.507 e. The molecule has 1 unspecified atom stereocenters. The van der Waals surface area contributed by atoms with Gasteiger partial charge in [0.25, 0.3) is 0 Å². The standard InChI is InChI=1S/C13H15FN4O2/c1-8(11-3-2-9(14)4-12(11)19)17-10-5-16-18(6-10)7-13(15)20/h2-6,8,17,19H,7H2,1H3,(H2,15,20). The Hall–Kier alpha value is -2.57. The van der Waals surface area contributed by atoms with Gasteiger partial charge in [-0.15, -0.1) is 0 Å². The highest BCUT2D eigenvalue weighted by Crippen LogP contribution is 2.27. The van der Waals surface area contributed by atoms with Crippen LogP contribution in [0.2, 0.25) is 0 Å². The maximum atomic E-state index is 12.9. The molecule has 2 aromatic rings. The van der Waals surface area contributed by atoms with Crippen LogP contribution in [0.5, 0.6) is 5.75 Å². The number of carbonyl (C=O) groups excluding carboxylic acids is 1. The van der Waals surface area contributed by atoms with Gasteiger partial charge >= 0.3 is 0 Å². The van der Waals surface area contributed by atoms with Crippen LogP contribution < -0.4 is 11.1 Å². The molecule has 20 heavy (non-hydrogen) atoms. The van der Waals surface area contributed by atoms with Crippen LogP contribution in [0.4, 0.5) is 10.1 Å². The Kier molecular flexibility index (Phi) is 3.88. The Morgan fingerprint density at radius 3 is 3.00 bits per heavy atom. The molecule has 0 fully saturated rings. The fraction of sp³-hybridized carbons (Fsp3) is 0.231. The fourth-order valence-electron chi connectivity index (χ4n) is 1.89. The number of aromatic hydroxyl groups is 1. The van der Waals surface area contributed by atoms with Gasteiger partial charge in [0.2, 0.25) is 5.91 Å². The van der Waals surface area contributed by atoms with Gasteiger partial charge in [0.15, 0.2) is 0 Å². The second-order valence-electron chi connectivity index (χ2n) is 4.46. The molecule has 0 saturated carbocycles. The van der Waals surface area contributed by atoms with Crippen molar-refractivity contribution in [3.05, 3.63) is 42.0 Å². The van der Waals surface area contributed by atoms with Crippen molar-refractivity contribution in [1.29, 1.82) is 0 Å². The smallest absolute Gasteiger partial charge is 0.239 e. The van der Waals surface area contributed by atoms with E-state index >= 15 is 0 Å². The van der Waals surface area contributed by atoms with Gasteiger partial charge in [-0.3, -0.25) is 9.48 Å². The predicted molar refractivity (Wildman–Crippen MR) is 71.5 cm³/mol. The number of phenolic OH excluding ortho intramolecular Hbond substituents is 1. The number of nitrogens with zero attached hydrogens (tertiary/aromatic N) is 2. The van der Waals surface area contributed by atoms with Gasteiger partial charge in [0.1, 0.15) is 18.1 Å². The van der Waals surface area contributed by atoms with E-state index in [0.717, 1.165) is 6.07 Å². The lowest BCUT2D eigenvalue weighted by Crippen LogP contribution is -2.18. The largest absolute Gasteiger partial charge is 0.507 e. The van der Waals surface area contributed by atoms with Crippen molar-refractivity contribution in [2.45, 2.75) is 19.5 Å². The fourth-order valence-corrected chi connectivity index (χ4v) is 1.89. The van der Waals surface area contributed by atoms with Gasteiger partial charge in [-0.05, 0) is 13.0 Å². The van der Waals surface area contributed by atoms with Crippen LogP contribution in [-0.4, -0.2) is 20.8 Å². The number of hydrogen-bond acceptors (Lipinski definition) is 4. The van der Waals surface area contributed by atoms with Gasteiger partial charge in [-0.2, -0.15) is 5.10 Å². The number of amides is 1. The summed E-state index contributed by atoms with van der Waals surface area (Å²) < 4.78 is 14.3. The quantitative estimate of drug-likeness (QED) is 0.770. The lowest BCUT2D eigenvalue weighted by atomic mass is 10.1. The molecule has 0 saturated heterocycles. The summed E-state index contributed by atoms with van der Waals surface area (Å²) in [7, 11) is 0. The number of carbonyl (C=O) groups is 1. The third-order valence-corrected chi connectivity index (χ3v) is 2.79. The van der Waals surface area contributed by atoms with Crippen LogP contribution in [0.25, 0.3) is 0 Å². The van der Waals surface area contributed by atoms with Crippen LogP contribution in [0.3, 0.4) is 0 Å². The summed E-state index contributed by atoms with van der Waals surface area (Å²) in [6, 6.07) is 3.60. The second-order valence-corrected chi connectivity index (χ2v) is 4.46. The topological polar surface area (TPSA) is 93.2 Å². The zero-order valence-electron chi connectivity index (χ0n) is 10.9. The zero-order valence-corrected chi connectivity index (χ0v) is 10.9. The molecule has 6 nitrogen and oxygen atoms in total. The van der Waals surface area contributed by atoms with Crippen LogP contribution >= 0.6 is 0 Å². The third-order valence-electron chi connectivity index (χ3n) is 2.79. The molecular weight excluding hydrogens is 263 g/mol. The van der Waals surface area contributed by atoms with Crippen LogP contribution in [0, 0.1) is 5.82 Å². The molecule has 106 valence electrons. The van der Waals surface area contributed by atoms with Crippen molar-refractivity contribution in [2.75, 3.05) is 5.32 Å². The third kappa shape index (κ3) is 3.25. The van der Waals surface area contributed by atoms with Crippen molar-refractivity contribution in [3.8, 4) is 5.75 Å². The van der Waals surface area contributed by atoms with Gasteiger partial charge in [0, 0.05) is 17.8 Å². The van der Waals surface area contributed by atoms with E-state index in [4.69, 9.17) is 5.73 Å². The minimum atomic E-state index is -0.493. The number of hydrogen-bond donors (Lipinski definition) is 3. The van der Waals surface area contributed by atoms with E-state index in [2.05, 4.69) is 10.4 Å². The van der Waals surface area contributed by atoms with E-state index in [1.165, 1.54) is 16.8 Å². The summed E-state index contributed by atoms with van der Waals surface area (Å²) >= 11 is 0. The van der Waals surface area contributed by atoms with Crippen molar-refractivity contribution < 1.29 is 14.3 Å². The molecule has 1 aromatic carbocycles. The summed E-state index contributed by atoms with van der Waals surface area (Å²) in [5.41, 5.74) is 6.30. The predicted octanol–water partition coefficient (Wildman–Crippen LogP) is 1.39. The summed E-state index contributed by atoms with van der Waals surface area (Å²) in [5, 5.41) is 16.8. The van der Waals surface area contributed by atoms with Crippen molar-refractivity contribution in [1.82, 2.24) is 9.78 Å². The number of rotatable bonds is 5. The highest BCUT2D eigenvalue weighted by molar-refractivity contribution is 5.73. The van der Waals surface area contributed by atoms with E-state index in [-0.39, 0.29) is 18.3 Å². The number of primary amides is 1. The summed E-state index contributed by atoms with van der Waals surface area (Å²) in [5.74, 6) is -1.09. The molecule has 0 aliphatic rings. The van der Waals surface area contributed by atoms with E-state index in [0.29, 0.717) is 11.3 Å². The minimum absolute atomic E-state index is 0.00212. The molecule has 1 atom stereocenters. The van der Waals surface area contributed by atoms with Gasteiger partial charge in [-0.1, -0.05) is 6.07 Å². The molecule has 0 bridgehead atoms. The van der Waals surface area contributed by atoms with Crippen molar-refractivity contribution in [2.24, 2.45) is 5.73 Å². The summed E-state index contributed by atoms with van der Waals surface area (Å²) in [6.45, 7) is 1.82. The Balaban J connectivity index is 2.09. The number of aromatic nitrogens is 2. The van der Waals surface area contributed by atoms with Gasteiger partial charge in [0.05, 0.1) is 17.9 Å². The van der Waals surface area contributed by atoms with E-state index in [9.17, 15) is 14.3 Å². The SMILES string of the molecule is CC(Nc1cnn(CC(N)=O)c1)c1ccc(F)cc1O. The summed E-state index contributed by atoms with van der Waals surface area (Å²) in [4.78, 5) is 10.8. The molecule has 4 N–H and O–H groups in total. The summed E-state index contributed by atoms with van der Waals surface area (Å²) in [6.07, 6.45) is 3.17. The molecule has 0 aliphatic carbocycles. The molecule has 0 aliphatic heterocycles. The first-order valence-corrected chi connectivity index (χ1v) is 6.01. The molecule has 1 aromatic heterocycles. The Morgan fingerprint density at radius 1 is 1.60 bits per heavy atom.